The highest BCUT2D eigenvalue weighted by Crippen LogP contribution is 2.13. The summed E-state index contributed by atoms with van der Waals surface area (Å²) in [6, 6.07) is 4.25. The van der Waals surface area contributed by atoms with Crippen LogP contribution in [0.5, 0.6) is 0 Å². The molecule has 0 bridgehead atoms. The molecule has 0 radical (unpaired) electrons. The van der Waals surface area contributed by atoms with Gasteiger partial charge < -0.3 is 5.73 Å². The van der Waals surface area contributed by atoms with E-state index in [1.807, 2.05) is 6.20 Å². The Labute approximate surface area is 111 Å². The fourth-order valence-corrected chi connectivity index (χ4v) is 2.53. The van der Waals surface area contributed by atoms with Crippen LogP contribution in [0.15, 0.2) is 23.7 Å². The number of nitrogens with two attached hydrogens (primary N) is 1. The summed E-state index contributed by atoms with van der Waals surface area (Å²) in [6.07, 6.45) is 1.98. The lowest BCUT2D eigenvalue weighted by molar-refractivity contribution is 0.270. The van der Waals surface area contributed by atoms with Crippen molar-refractivity contribution in [2.24, 2.45) is 5.73 Å². The van der Waals surface area contributed by atoms with Gasteiger partial charge in [0, 0.05) is 30.7 Å². The molecule has 2 aromatic rings. The third-order valence-corrected chi connectivity index (χ3v) is 3.60. The molecular weight excluding hydrogens is 246 g/mol. The number of thiophene rings is 1. The minimum absolute atomic E-state index is 0.593. The second-order valence-corrected chi connectivity index (χ2v) is 5.18. The second-order valence-electron chi connectivity index (χ2n) is 4.14. The van der Waals surface area contributed by atoms with Gasteiger partial charge in [-0.15, -0.1) is 16.4 Å². The van der Waals surface area contributed by atoms with Gasteiger partial charge in [-0.1, -0.05) is 18.2 Å². The average Bonchev–Trinajstić information content (AvgIpc) is 3.01. The van der Waals surface area contributed by atoms with Crippen LogP contribution in [-0.4, -0.2) is 33.0 Å². The van der Waals surface area contributed by atoms with Crippen LogP contribution in [0.25, 0.3) is 0 Å². The molecule has 2 N–H and O–H groups in total. The maximum atomic E-state index is 5.49. The molecular formula is C12H19N5S. The Balaban J connectivity index is 1.92. The van der Waals surface area contributed by atoms with Crippen molar-refractivity contribution in [1.29, 1.82) is 0 Å². The first-order valence-electron chi connectivity index (χ1n) is 6.15. The molecule has 0 amide bonds. The molecule has 6 heteroatoms. The molecule has 0 spiro atoms. The first-order valence-corrected chi connectivity index (χ1v) is 7.03. The number of aromatic nitrogens is 3. The molecule has 2 heterocycles. The van der Waals surface area contributed by atoms with Crippen LogP contribution in [0.2, 0.25) is 0 Å². The minimum atomic E-state index is 0.593. The topological polar surface area (TPSA) is 60.0 Å². The maximum Gasteiger partial charge on any atom is 0.0967 e. The quantitative estimate of drug-likeness (QED) is 0.820. The zero-order valence-electron chi connectivity index (χ0n) is 10.6. The van der Waals surface area contributed by atoms with Gasteiger partial charge in [0.15, 0.2) is 0 Å². The fourth-order valence-electron chi connectivity index (χ4n) is 1.78. The maximum absolute atomic E-state index is 5.49. The van der Waals surface area contributed by atoms with E-state index in [2.05, 4.69) is 39.6 Å². The Morgan fingerprint density at radius 2 is 2.33 bits per heavy atom. The van der Waals surface area contributed by atoms with Crippen molar-refractivity contribution >= 4 is 11.3 Å². The average molecular weight is 265 g/mol. The molecule has 0 aliphatic carbocycles. The summed E-state index contributed by atoms with van der Waals surface area (Å²) in [7, 11) is 0. The summed E-state index contributed by atoms with van der Waals surface area (Å²) >= 11 is 1.79. The van der Waals surface area contributed by atoms with Crippen molar-refractivity contribution < 1.29 is 0 Å². The smallest absolute Gasteiger partial charge is 0.0967 e. The third kappa shape index (κ3) is 3.63. The van der Waals surface area contributed by atoms with Gasteiger partial charge in [0.2, 0.25) is 0 Å². The van der Waals surface area contributed by atoms with E-state index >= 15 is 0 Å². The minimum Gasteiger partial charge on any atom is -0.329 e. The van der Waals surface area contributed by atoms with Crippen molar-refractivity contribution in [1.82, 2.24) is 19.9 Å². The SMILES string of the molecule is CCN(Cc1cn(CCN)nn1)Cc1cccs1. The predicted octanol–water partition coefficient (Wildman–Crippen LogP) is 1.32. The summed E-state index contributed by atoms with van der Waals surface area (Å²) in [5.74, 6) is 0. The van der Waals surface area contributed by atoms with Crippen LogP contribution in [-0.2, 0) is 19.6 Å². The predicted molar refractivity (Wildman–Crippen MR) is 73.2 cm³/mol. The molecule has 0 fully saturated rings. The molecule has 5 nitrogen and oxygen atoms in total. The highest BCUT2D eigenvalue weighted by molar-refractivity contribution is 7.09. The van der Waals surface area contributed by atoms with Crippen LogP contribution >= 0.6 is 11.3 Å². The van der Waals surface area contributed by atoms with Gasteiger partial charge in [0.1, 0.15) is 0 Å². The van der Waals surface area contributed by atoms with Crippen LogP contribution in [0.1, 0.15) is 17.5 Å². The Morgan fingerprint density at radius 3 is 3.00 bits per heavy atom. The standard InChI is InChI=1S/C12H19N5S/c1-2-16(10-12-4-3-7-18-12)8-11-9-17(6-5-13)15-14-11/h3-4,7,9H,2,5-6,8,10,13H2,1H3. The zero-order chi connectivity index (χ0) is 12.8. The lowest BCUT2D eigenvalue weighted by Gasteiger charge is -2.17. The summed E-state index contributed by atoms with van der Waals surface area (Å²) in [5.41, 5.74) is 6.49. The molecule has 0 aliphatic heterocycles. The largest absolute Gasteiger partial charge is 0.329 e. The van der Waals surface area contributed by atoms with Gasteiger partial charge in [-0.2, -0.15) is 0 Å². The van der Waals surface area contributed by atoms with E-state index in [9.17, 15) is 0 Å². The van der Waals surface area contributed by atoms with E-state index in [-0.39, 0.29) is 0 Å². The lowest BCUT2D eigenvalue weighted by atomic mass is 10.3. The normalized spacial score (nSPS) is 11.3. The molecule has 0 aliphatic rings. The molecule has 0 saturated carbocycles. The van der Waals surface area contributed by atoms with Gasteiger partial charge in [-0.05, 0) is 18.0 Å². The molecule has 18 heavy (non-hydrogen) atoms. The number of nitrogens with zero attached hydrogens (tertiary/aromatic N) is 4. The van der Waals surface area contributed by atoms with Crippen LogP contribution in [0, 0.1) is 0 Å². The van der Waals surface area contributed by atoms with E-state index in [0.717, 1.165) is 31.9 Å². The molecule has 0 unspecified atom stereocenters. The van der Waals surface area contributed by atoms with Crippen molar-refractivity contribution in [2.75, 3.05) is 13.1 Å². The van der Waals surface area contributed by atoms with Crippen molar-refractivity contribution in [3.63, 3.8) is 0 Å². The molecule has 2 aromatic heterocycles. The van der Waals surface area contributed by atoms with Gasteiger partial charge in [0.25, 0.3) is 0 Å². The Kier molecular flexibility index (Phi) is 4.86. The summed E-state index contributed by atoms with van der Waals surface area (Å²) < 4.78 is 1.80. The highest BCUT2D eigenvalue weighted by Gasteiger charge is 2.08. The summed E-state index contributed by atoms with van der Waals surface area (Å²) in [4.78, 5) is 3.73. The van der Waals surface area contributed by atoms with Gasteiger partial charge in [-0.3, -0.25) is 9.58 Å². The second kappa shape index (κ2) is 6.63. The summed E-state index contributed by atoms with van der Waals surface area (Å²) in [6.45, 7) is 6.29. The van der Waals surface area contributed by atoms with Gasteiger partial charge >= 0.3 is 0 Å². The molecule has 0 saturated heterocycles. The van der Waals surface area contributed by atoms with Crippen LogP contribution in [0.3, 0.4) is 0 Å². The van der Waals surface area contributed by atoms with E-state index in [1.54, 1.807) is 16.0 Å². The third-order valence-electron chi connectivity index (χ3n) is 2.74. The molecule has 98 valence electrons. The molecule has 0 aromatic carbocycles. The first-order chi connectivity index (χ1) is 8.81. The monoisotopic (exact) mass is 265 g/mol. The Bertz CT molecular complexity index is 451. The zero-order valence-corrected chi connectivity index (χ0v) is 11.4. The van der Waals surface area contributed by atoms with Gasteiger partial charge in [0.05, 0.1) is 12.2 Å². The Morgan fingerprint density at radius 1 is 1.44 bits per heavy atom. The lowest BCUT2D eigenvalue weighted by Crippen LogP contribution is -2.22. The summed E-state index contributed by atoms with van der Waals surface area (Å²) in [5, 5.41) is 10.3. The van der Waals surface area contributed by atoms with E-state index < -0.39 is 0 Å². The number of hydrogen-bond acceptors (Lipinski definition) is 5. The van der Waals surface area contributed by atoms with Crippen LogP contribution in [0.4, 0.5) is 0 Å². The number of rotatable bonds is 7. The van der Waals surface area contributed by atoms with Crippen molar-refractivity contribution in [3.05, 3.63) is 34.3 Å². The number of hydrogen-bond donors (Lipinski definition) is 1. The highest BCUT2D eigenvalue weighted by atomic mass is 32.1. The Hall–Kier alpha value is -1.24. The van der Waals surface area contributed by atoms with Gasteiger partial charge in [-0.25, -0.2) is 0 Å². The van der Waals surface area contributed by atoms with Crippen molar-refractivity contribution in [2.45, 2.75) is 26.6 Å². The molecule has 2 rings (SSSR count). The van der Waals surface area contributed by atoms with Crippen molar-refractivity contribution in [3.8, 4) is 0 Å². The molecule has 0 atom stereocenters. The van der Waals surface area contributed by atoms with E-state index in [0.29, 0.717) is 6.54 Å². The van der Waals surface area contributed by atoms with Crippen LogP contribution < -0.4 is 5.73 Å². The van der Waals surface area contributed by atoms with E-state index in [4.69, 9.17) is 5.73 Å². The van der Waals surface area contributed by atoms with E-state index in [1.165, 1.54) is 4.88 Å². The fraction of sp³-hybridized carbons (Fsp3) is 0.500. The first kappa shape index (κ1) is 13.2.